The number of likely N-dealkylation sites (N-methyl/N-ethyl adjacent to an activating group) is 1. The number of ether oxygens (including phenoxy) is 1. The third-order valence-corrected chi connectivity index (χ3v) is 7.07. The number of benzene rings is 1. The predicted octanol–water partition coefficient (Wildman–Crippen LogP) is 3.45. The Kier molecular flexibility index (Phi) is 6.44. The van der Waals surface area contributed by atoms with Gasteiger partial charge in [-0.05, 0) is 62.6 Å². The minimum atomic E-state index is -0.513. The number of aromatic nitrogens is 3. The van der Waals surface area contributed by atoms with Gasteiger partial charge in [-0.2, -0.15) is 9.97 Å². The van der Waals surface area contributed by atoms with Crippen LogP contribution in [0.5, 0.6) is 5.75 Å². The van der Waals surface area contributed by atoms with E-state index in [-0.39, 0.29) is 11.9 Å². The minimum Gasteiger partial charge on any atom is -0.495 e. The van der Waals surface area contributed by atoms with Crippen molar-refractivity contribution >= 4 is 63.0 Å². The van der Waals surface area contributed by atoms with Crippen LogP contribution in [0.4, 0.5) is 28.8 Å². The number of aromatic amines is 1. The standard InChI is InChI=1S/C25H28N8O3S/c1-13-9-14-10-19(36-4)17(11-18(14)33(13)20(34)12-32(2)3)29-25-30-23-15(5-7-27-23)24(31-25)28-16-6-8-37-21(16)22(26)35/h5-8,10-11,13H,9,12H2,1-4H3,(H2,26,35)(H3,27,28,29,30,31)/t13-/m1/s1. The molecule has 11 nitrogen and oxygen atoms in total. The van der Waals surface area contributed by atoms with Crippen molar-refractivity contribution in [3.63, 3.8) is 0 Å². The lowest BCUT2D eigenvalue weighted by molar-refractivity contribution is -0.119. The number of nitrogens with two attached hydrogens (primary N) is 1. The van der Waals surface area contributed by atoms with E-state index in [1.54, 1.807) is 24.8 Å². The van der Waals surface area contributed by atoms with Gasteiger partial charge in [0.1, 0.15) is 22.1 Å². The highest BCUT2D eigenvalue weighted by Crippen LogP contribution is 2.41. The number of fused-ring (bicyclic) bond motifs is 2. The Balaban J connectivity index is 1.52. The topological polar surface area (TPSA) is 142 Å². The zero-order valence-corrected chi connectivity index (χ0v) is 21.8. The number of hydrogen-bond acceptors (Lipinski definition) is 9. The van der Waals surface area contributed by atoms with Gasteiger partial charge in [-0.3, -0.25) is 9.59 Å². The lowest BCUT2D eigenvalue weighted by Gasteiger charge is -2.25. The van der Waals surface area contributed by atoms with Gasteiger partial charge in [0.05, 0.1) is 30.4 Å². The highest BCUT2D eigenvalue weighted by molar-refractivity contribution is 7.12. The molecule has 0 spiro atoms. The summed E-state index contributed by atoms with van der Waals surface area (Å²) in [6.45, 7) is 2.36. The molecule has 0 unspecified atom stereocenters. The summed E-state index contributed by atoms with van der Waals surface area (Å²) in [5, 5.41) is 9.02. The van der Waals surface area contributed by atoms with Crippen LogP contribution in [0.3, 0.4) is 0 Å². The number of methoxy groups -OCH3 is 1. The lowest BCUT2D eigenvalue weighted by atomic mass is 10.1. The molecular formula is C25H28N8O3S. The van der Waals surface area contributed by atoms with Gasteiger partial charge in [0.15, 0.2) is 0 Å². The monoisotopic (exact) mass is 520 g/mol. The Morgan fingerprint density at radius 2 is 2.05 bits per heavy atom. The summed E-state index contributed by atoms with van der Waals surface area (Å²) < 4.78 is 5.67. The smallest absolute Gasteiger partial charge is 0.260 e. The van der Waals surface area contributed by atoms with Crippen molar-refractivity contribution in [2.24, 2.45) is 5.73 Å². The zero-order chi connectivity index (χ0) is 26.3. The zero-order valence-electron chi connectivity index (χ0n) is 21.0. The first-order valence-electron chi connectivity index (χ1n) is 11.7. The number of hydrogen-bond donors (Lipinski definition) is 4. The number of rotatable bonds is 8. The number of nitrogens with one attached hydrogen (secondary N) is 3. The van der Waals surface area contributed by atoms with Crippen LogP contribution in [-0.4, -0.2) is 65.5 Å². The lowest BCUT2D eigenvalue weighted by Crippen LogP contribution is -2.41. The first-order valence-corrected chi connectivity index (χ1v) is 12.6. The van der Waals surface area contributed by atoms with Crippen LogP contribution in [0.1, 0.15) is 22.2 Å². The summed E-state index contributed by atoms with van der Waals surface area (Å²) in [6, 6.07) is 7.53. The van der Waals surface area contributed by atoms with Crippen LogP contribution >= 0.6 is 11.3 Å². The second-order valence-electron chi connectivity index (χ2n) is 9.15. The average Bonchev–Trinajstić information content (AvgIpc) is 3.56. The highest BCUT2D eigenvalue weighted by atomic mass is 32.1. The normalized spacial score (nSPS) is 14.7. The molecule has 5 rings (SSSR count). The van der Waals surface area contributed by atoms with Crippen LogP contribution in [0.2, 0.25) is 0 Å². The Hall–Kier alpha value is -4.16. The van der Waals surface area contributed by atoms with E-state index < -0.39 is 5.91 Å². The van der Waals surface area contributed by atoms with Gasteiger partial charge in [0, 0.05) is 17.9 Å². The summed E-state index contributed by atoms with van der Waals surface area (Å²) in [7, 11) is 5.36. The van der Waals surface area contributed by atoms with Crippen molar-refractivity contribution in [1.29, 1.82) is 0 Å². The van der Waals surface area contributed by atoms with Crippen molar-refractivity contribution in [3.8, 4) is 5.75 Å². The third kappa shape index (κ3) is 4.68. The van der Waals surface area contributed by atoms with Gasteiger partial charge >= 0.3 is 0 Å². The molecule has 0 bridgehead atoms. The average molecular weight is 521 g/mol. The molecule has 1 aliphatic heterocycles. The molecule has 4 aromatic rings. The minimum absolute atomic E-state index is 0.0314. The van der Waals surface area contributed by atoms with Gasteiger partial charge in [-0.1, -0.05) is 0 Å². The van der Waals surface area contributed by atoms with Crippen LogP contribution in [0.25, 0.3) is 11.0 Å². The van der Waals surface area contributed by atoms with Crippen molar-refractivity contribution < 1.29 is 14.3 Å². The molecule has 1 aromatic carbocycles. The summed E-state index contributed by atoms with van der Waals surface area (Å²) >= 11 is 1.26. The van der Waals surface area contributed by atoms with E-state index in [0.717, 1.165) is 23.1 Å². The molecule has 3 aromatic heterocycles. The molecule has 0 saturated heterocycles. The van der Waals surface area contributed by atoms with E-state index in [0.29, 0.717) is 46.0 Å². The summed E-state index contributed by atoms with van der Waals surface area (Å²) in [5.74, 6) is 0.950. The fraction of sp³-hybridized carbons (Fsp3) is 0.280. The van der Waals surface area contributed by atoms with Gasteiger partial charge in [-0.25, -0.2) is 0 Å². The Morgan fingerprint density at radius 3 is 2.78 bits per heavy atom. The number of carbonyl (C=O) groups is 2. The van der Waals surface area contributed by atoms with Crippen molar-refractivity contribution in [2.45, 2.75) is 19.4 Å². The molecular weight excluding hydrogens is 492 g/mol. The molecule has 4 heterocycles. The molecule has 0 fully saturated rings. The van der Waals surface area contributed by atoms with Gasteiger partial charge in [0.25, 0.3) is 5.91 Å². The van der Waals surface area contributed by atoms with Crippen molar-refractivity contribution in [2.75, 3.05) is 43.3 Å². The molecule has 192 valence electrons. The molecule has 0 radical (unpaired) electrons. The van der Waals surface area contributed by atoms with Gasteiger partial charge in [-0.15, -0.1) is 11.3 Å². The summed E-state index contributed by atoms with van der Waals surface area (Å²) in [5.41, 5.74) is 9.21. The van der Waals surface area contributed by atoms with E-state index in [2.05, 4.69) is 25.6 Å². The second-order valence-corrected chi connectivity index (χ2v) is 10.1. The Morgan fingerprint density at radius 1 is 1.24 bits per heavy atom. The van der Waals surface area contributed by atoms with E-state index in [1.807, 2.05) is 49.0 Å². The fourth-order valence-electron chi connectivity index (χ4n) is 4.58. The SMILES string of the molecule is COc1cc2c(cc1Nc1nc(Nc3ccsc3C(N)=O)c3cc[nH]c3n1)N(C(=O)CN(C)C)[C@H](C)C2. The number of anilines is 5. The number of H-pyrrole nitrogens is 1. The number of amides is 2. The first-order chi connectivity index (χ1) is 17.7. The van der Waals surface area contributed by atoms with E-state index >= 15 is 0 Å². The molecule has 0 saturated carbocycles. The summed E-state index contributed by atoms with van der Waals surface area (Å²) in [6.07, 6.45) is 2.51. The molecule has 5 N–H and O–H groups in total. The molecule has 0 aliphatic carbocycles. The van der Waals surface area contributed by atoms with Crippen molar-refractivity contribution in [3.05, 3.63) is 46.3 Å². The first kappa shape index (κ1) is 24.5. The second kappa shape index (κ2) is 9.71. The molecule has 12 heteroatoms. The van der Waals surface area contributed by atoms with E-state index in [4.69, 9.17) is 10.5 Å². The Labute approximate surface area is 217 Å². The molecule has 1 atom stereocenters. The Bertz CT molecular complexity index is 1490. The quantitative estimate of drug-likeness (QED) is 0.277. The summed E-state index contributed by atoms with van der Waals surface area (Å²) in [4.78, 5) is 41.3. The van der Waals surface area contributed by atoms with Gasteiger partial charge < -0.3 is 35.9 Å². The fourth-order valence-corrected chi connectivity index (χ4v) is 5.28. The predicted molar refractivity (Wildman–Crippen MR) is 145 cm³/mol. The van der Waals surface area contributed by atoms with Crippen LogP contribution in [0.15, 0.2) is 35.8 Å². The number of nitrogens with zero attached hydrogens (tertiary/aromatic N) is 4. The van der Waals surface area contributed by atoms with Crippen molar-refractivity contribution in [1.82, 2.24) is 19.9 Å². The number of thiophene rings is 1. The van der Waals surface area contributed by atoms with Gasteiger partial charge in [0.2, 0.25) is 11.9 Å². The maximum Gasteiger partial charge on any atom is 0.260 e. The van der Waals surface area contributed by atoms with E-state index in [9.17, 15) is 9.59 Å². The number of carbonyl (C=O) groups excluding carboxylic acids is 2. The maximum atomic E-state index is 13.0. The maximum absolute atomic E-state index is 13.0. The largest absolute Gasteiger partial charge is 0.495 e. The van der Waals surface area contributed by atoms with Crippen LogP contribution in [0, 0.1) is 0 Å². The molecule has 37 heavy (non-hydrogen) atoms. The molecule has 1 aliphatic rings. The number of primary amides is 1. The molecule has 2 amide bonds. The van der Waals surface area contributed by atoms with Crippen LogP contribution < -0.4 is 26.0 Å². The van der Waals surface area contributed by atoms with E-state index in [1.165, 1.54) is 11.3 Å². The highest BCUT2D eigenvalue weighted by Gasteiger charge is 2.32. The van der Waals surface area contributed by atoms with Crippen LogP contribution in [-0.2, 0) is 11.2 Å². The third-order valence-electron chi connectivity index (χ3n) is 6.14.